The molecule has 3 aliphatic rings. The lowest BCUT2D eigenvalue weighted by atomic mass is 10.1. The molecule has 0 atom stereocenters. The number of anilines is 3. The Kier molecular flexibility index (Phi) is 13.3. The van der Waals surface area contributed by atoms with Crippen LogP contribution in [0.1, 0.15) is 0 Å². The summed E-state index contributed by atoms with van der Waals surface area (Å²) in [7, 11) is -8.68. The predicted octanol–water partition coefficient (Wildman–Crippen LogP) is 15.7. The molecule has 12 rings (SSSR count). The van der Waals surface area contributed by atoms with E-state index in [9.17, 15) is 0 Å². The van der Waals surface area contributed by atoms with E-state index in [4.69, 9.17) is 46.6 Å². The van der Waals surface area contributed by atoms with Gasteiger partial charge in [-0.3, -0.25) is 0 Å². The predicted molar refractivity (Wildman–Crippen MR) is 300 cm³/mol. The number of hydrogen-bond donors (Lipinski definition) is 0. The lowest BCUT2D eigenvalue weighted by Crippen LogP contribution is -2.36. The van der Waals surface area contributed by atoms with Crippen molar-refractivity contribution in [2.24, 2.45) is 36.9 Å². The summed E-state index contributed by atoms with van der Waals surface area (Å²) < 4.78 is 0. The Bertz CT molecular complexity index is 2820. The minimum atomic E-state index is -2.89. The van der Waals surface area contributed by atoms with Crippen LogP contribution in [-0.2, 0) is 0 Å². The molecule has 0 amide bonds. The van der Waals surface area contributed by atoms with E-state index in [1.165, 1.54) is 0 Å². The molecule has 71 heavy (non-hydrogen) atoms. The number of hydrogen-bond acceptors (Lipinski definition) is 7. The second kappa shape index (κ2) is 20.7. The van der Waals surface area contributed by atoms with Crippen LogP contribution < -0.4 is 36.7 Å². The maximum atomic E-state index is 5.62. The molecule has 0 saturated carbocycles. The first kappa shape index (κ1) is 45.7. The van der Waals surface area contributed by atoms with Crippen LogP contribution >= 0.6 is 22.2 Å². The minimum Gasteiger partial charge on any atom is -0.348 e. The first-order chi connectivity index (χ1) is 35.1. The van der Waals surface area contributed by atoms with Crippen LogP contribution in [0.4, 0.5) is 34.1 Å². The minimum absolute atomic E-state index is 0.163. The van der Waals surface area contributed by atoms with Crippen LogP contribution in [0.2, 0.25) is 0 Å². The van der Waals surface area contributed by atoms with Gasteiger partial charge in [-0.25, -0.2) is 31.3 Å². The summed E-state index contributed by atoms with van der Waals surface area (Å²) in [4.78, 5) is 2.15. The van der Waals surface area contributed by atoms with Crippen LogP contribution in [-0.4, -0.2) is 18.5 Å². The number of rotatable bonds is 6. The molecule has 0 fully saturated rings. The highest BCUT2D eigenvalue weighted by Gasteiger charge is 2.53. The van der Waals surface area contributed by atoms with E-state index in [1.54, 1.807) is 0 Å². The highest BCUT2D eigenvalue weighted by atomic mass is 31.2. The van der Waals surface area contributed by atoms with Crippen LogP contribution in [0.3, 0.4) is 0 Å². The maximum absolute atomic E-state index is 5.62. The molecule has 0 spiro atoms. The van der Waals surface area contributed by atoms with Gasteiger partial charge in [0.05, 0.1) is 24.4 Å². The summed E-state index contributed by atoms with van der Waals surface area (Å²) in [6.45, 7) is 0. The average molecular weight is 979 g/mol. The first-order valence-corrected chi connectivity index (χ1v) is 29.4. The van der Waals surface area contributed by atoms with E-state index in [-0.39, 0.29) is 5.92 Å². The Labute approximate surface area is 416 Å². The zero-order valence-electron chi connectivity index (χ0n) is 38.8. The largest absolute Gasteiger partial charge is 0.348 e. The van der Waals surface area contributed by atoms with Gasteiger partial charge in [0.2, 0.25) is 0 Å². The molecule has 10 nitrogen and oxygen atoms in total. The molecule has 0 aliphatic carbocycles. The van der Waals surface area contributed by atoms with Crippen LogP contribution in [0.15, 0.2) is 286 Å². The van der Waals surface area contributed by atoms with Gasteiger partial charge in [0.25, 0.3) is 0 Å². The molecule has 9 aromatic carbocycles. The van der Waals surface area contributed by atoms with Gasteiger partial charge in [-0.2, -0.15) is 0 Å². The smallest absolute Gasteiger partial charge is 0.126 e. The Balaban J connectivity index is 1.27. The van der Waals surface area contributed by atoms with Crippen LogP contribution in [0.5, 0.6) is 0 Å². The molecule has 8 bridgehead atoms. The SMILES string of the molecule is c1ccc([P+]2(c3ccccc3)CC3C[P+](c4ccccc4)(c4ccccc4)[N-]N=Nc4cccc(c4)N(c4cccc(c4)N=N[N-]2)c2cccc(c2)N=N[N-][P+](c2ccccc2)(c2ccccc2)C3)cc1. The summed E-state index contributed by atoms with van der Waals surface area (Å²) in [5.74, 6) is -0.163. The highest BCUT2D eigenvalue weighted by Crippen LogP contribution is 2.72. The third-order valence-electron chi connectivity index (χ3n) is 13.0. The molecular weight excluding hydrogens is 930 g/mol. The number of fused-ring (bicyclic) bond motifs is 9. The molecule has 3 aliphatic heterocycles. The first-order valence-electron chi connectivity index (χ1n) is 23.6. The van der Waals surface area contributed by atoms with Crippen molar-refractivity contribution in [3.05, 3.63) is 270 Å². The van der Waals surface area contributed by atoms with Crippen molar-refractivity contribution in [2.75, 3.05) is 23.4 Å². The zero-order chi connectivity index (χ0) is 47.8. The van der Waals surface area contributed by atoms with Gasteiger partial charge in [-0.15, -0.1) is 0 Å². The Morgan fingerprint density at radius 1 is 0.296 bits per heavy atom. The van der Waals surface area contributed by atoms with Gasteiger partial charge in [0.15, 0.2) is 0 Å². The van der Waals surface area contributed by atoms with E-state index >= 15 is 0 Å². The van der Waals surface area contributed by atoms with E-state index in [1.807, 2.05) is 54.6 Å². The lowest BCUT2D eigenvalue weighted by Gasteiger charge is -2.39. The van der Waals surface area contributed by atoms with Gasteiger partial charge < -0.3 is 20.2 Å². The normalized spacial score (nSPS) is 16.9. The fraction of sp³-hybridized carbons (Fsp3) is 0.0690. The van der Waals surface area contributed by atoms with Crippen molar-refractivity contribution in [2.45, 2.75) is 0 Å². The Hall–Kier alpha value is -7.73. The fourth-order valence-electron chi connectivity index (χ4n) is 9.79. The van der Waals surface area contributed by atoms with Crippen molar-refractivity contribution in [3.63, 3.8) is 0 Å². The molecular formula is C58H49N10P3. The standard InChI is InChI=1S/C58H49N10P3/c1-7-28-53(29-8-1)69(54-30-9-2-10-31-54)43-46-44-70(55-32-11-3-12-33-55,56-34-13-4-14-35-56)66-63-60-48-23-20-26-51(41-48)68(50-25-19-22-47(40-50)59-62-65-69)52-27-21-24-49(42-52)61-64-67-71(45-46,57-36-15-5-16-37-57)58-38-17-6-18-39-58/h1-42,46H,43-45H2. The van der Waals surface area contributed by atoms with Crippen LogP contribution in [0, 0.1) is 5.92 Å². The third-order valence-corrected chi connectivity index (χ3v) is 24.2. The molecule has 0 saturated heterocycles. The number of benzene rings is 9. The highest BCUT2D eigenvalue weighted by molar-refractivity contribution is 7.93. The van der Waals surface area contributed by atoms with Gasteiger partial charge in [-0.05, 0) is 126 Å². The van der Waals surface area contributed by atoms with Crippen molar-refractivity contribution >= 4 is 88.2 Å². The third kappa shape index (κ3) is 9.50. The van der Waals surface area contributed by atoms with Gasteiger partial charge in [-0.1, -0.05) is 146 Å². The topological polar surface area (TPSA) is 120 Å². The summed E-state index contributed by atoms with van der Waals surface area (Å²) in [5.41, 5.74) is 4.54. The quantitative estimate of drug-likeness (QED) is 0.152. The van der Waals surface area contributed by atoms with E-state index in [0.29, 0.717) is 35.5 Å². The molecule has 9 aromatic rings. The second-order valence-corrected chi connectivity index (χ2v) is 26.8. The zero-order valence-corrected chi connectivity index (χ0v) is 41.4. The van der Waals surface area contributed by atoms with Crippen molar-refractivity contribution in [1.29, 1.82) is 0 Å². The lowest BCUT2D eigenvalue weighted by molar-refractivity contribution is 0.758. The van der Waals surface area contributed by atoms with Crippen molar-refractivity contribution in [3.8, 4) is 0 Å². The molecule has 0 aromatic heterocycles. The van der Waals surface area contributed by atoms with Gasteiger partial charge in [0, 0.05) is 17.1 Å². The summed E-state index contributed by atoms with van der Waals surface area (Å²) in [6, 6.07) is 88.3. The monoisotopic (exact) mass is 978 g/mol. The molecule has 0 N–H and O–H groups in total. The van der Waals surface area contributed by atoms with Gasteiger partial charge in [0.1, 0.15) is 54.1 Å². The summed E-state index contributed by atoms with van der Waals surface area (Å²) in [6.07, 6.45) is 1.79. The Morgan fingerprint density at radius 3 is 0.775 bits per heavy atom. The average Bonchev–Trinajstić information content (AvgIpc) is 3.43. The molecule has 0 unspecified atom stereocenters. The maximum Gasteiger partial charge on any atom is 0.126 e. The summed E-state index contributed by atoms with van der Waals surface area (Å²) >= 11 is 0. The molecule has 3 heterocycles. The second-order valence-electron chi connectivity index (χ2n) is 17.5. The molecule has 13 heteroatoms. The van der Waals surface area contributed by atoms with Gasteiger partial charge >= 0.3 is 0 Å². The molecule has 0 radical (unpaired) electrons. The fourth-order valence-corrected chi connectivity index (χ4v) is 20.9. The van der Waals surface area contributed by atoms with E-state index in [2.05, 4.69) is 205 Å². The van der Waals surface area contributed by atoms with Crippen LogP contribution in [0.25, 0.3) is 15.6 Å². The van der Waals surface area contributed by atoms with Crippen molar-refractivity contribution in [1.82, 2.24) is 0 Å². The number of nitrogens with zero attached hydrogens (tertiary/aromatic N) is 10. The van der Waals surface area contributed by atoms with Crippen molar-refractivity contribution < 1.29 is 0 Å². The van der Waals surface area contributed by atoms with E-state index < -0.39 is 22.2 Å². The Morgan fingerprint density at radius 2 is 0.535 bits per heavy atom. The summed E-state index contributed by atoms with van der Waals surface area (Å²) in [5, 5.41) is 53.3. The van der Waals surface area contributed by atoms with E-state index in [0.717, 1.165) is 48.9 Å². The molecule has 346 valence electrons.